The fraction of sp³-hybridized carbons (Fsp3) is 0.348. The number of rotatable bonds is 7. The average Bonchev–Trinajstić information content (AvgIpc) is 3.14. The molecule has 5 nitrogen and oxygen atoms in total. The van der Waals surface area contributed by atoms with Crippen LogP contribution in [0, 0.1) is 0 Å². The van der Waals surface area contributed by atoms with E-state index in [9.17, 15) is 4.79 Å². The van der Waals surface area contributed by atoms with E-state index in [1.807, 2.05) is 24.0 Å². The van der Waals surface area contributed by atoms with Crippen molar-refractivity contribution in [1.29, 1.82) is 0 Å². The first kappa shape index (κ1) is 19.9. The average molecular weight is 411 g/mol. The molecule has 0 unspecified atom stereocenters. The Morgan fingerprint density at radius 2 is 1.97 bits per heavy atom. The molecular formula is C23H26N2O3S. The standard InChI is InChI=1S/C23H26N2O3S/c26-23(27)28-20-6-7-21-19(15-24-22(21)14-20)16-29-13-12-25-10-8-18(9-11-25)17-4-2-1-3-5-17/h1-7,14-15,18,24H,8-13,16H2,(H,26,27). The van der Waals surface area contributed by atoms with E-state index < -0.39 is 6.16 Å². The van der Waals surface area contributed by atoms with Gasteiger partial charge in [-0.2, -0.15) is 11.8 Å². The molecule has 4 rings (SSSR count). The molecule has 1 aromatic heterocycles. The molecule has 0 bridgehead atoms. The fourth-order valence-electron chi connectivity index (χ4n) is 4.04. The van der Waals surface area contributed by atoms with Gasteiger partial charge in [0.2, 0.25) is 0 Å². The van der Waals surface area contributed by atoms with E-state index in [-0.39, 0.29) is 0 Å². The number of carbonyl (C=O) groups is 1. The van der Waals surface area contributed by atoms with Crippen LogP contribution >= 0.6 is 11.8 Å². The molecule has 2 N–H and O–H groups in total. The summed E-state index contributed by atoms with van der Waals surface area (Å²) in [6.07, 6.45) is 3.21. The van der Waals surface area contributed by atoms with Crippen molar-refractivity contribution < 1.29 is 14.6 Å². The maximum Gasteiger partial charge on any atom is 0.511 e. The Labute approximate surface area is 175 Å². The van der Waals surface area contributed by atoms with Gasteiger partial charge in [-0.15, -0.1) is 0 Å². The second-order valence-electron chi connectivity index (χ2n) is 7.47. The summed E-state index contributed by atoms with van der Waals surface area (Å²) in [4.78, 5) is 16.5. The number of hydrogen-bond donors (Lipinski definition) is 2. The van der Waals surface area contributed by atoms with E-state index >= 15 is 0 Å². The van der Waals surface area contributed by atoms with Crippen LogP contribution in [0.2, 0.25) is 0 Å². The van der Waals surface area contributed by atoms with Crippen molar-refractivity contribution in [2.45, 2.75) is 24.5 Å². The summed E-state index contributed by atoms with van der Waals surface area (Å²) in [6, 6.07) is 16.2. The minimum absolute atomic E-state index is 0.338. The molecule has 1 saturated heterocycles. The first-order chi connectivity index (χ1) is 14.2. The first-order valence-electron chi connectivity index (χ1n) is 10.0. The van der Waals surface area contributed by atoms with Crippen molar-refractivity contribution >= 4 is 28.8 Å². The maximum absolute atomic E-state index is 10.7. The highest BCUT2D eigenvalue weighted by molar-refractivity contribution is 7.98. The number of H-pyrrole nitrogens is 1. The lowest BCUT2D eigenvalue weighted by atomic mass is 9.89. The van der Waals surface area contributed by atoms with Crippen molar-refractivity contribution in [2.24, 2.45) is 0 Å². The normalized spacial score (nSPS) is 15.6. The zero-order valence-electron chi connectivity index (χ0n) is 16.3. The molecule has 1 fully saturated rings. The summed E-state index contributed by atoms with van der Waals surface area (Å²) in [5, 5.41) is 9.85. The van der Waals surface area contributed by atoms with Gasteiger partial charge in [-0.3, -0.25) is 0 Å². The van der Waals surface area contributed by atoms with Gasteiger partial charge in [0, 0.05) is 41.2 Å². The first-order valence-corrected chi connectivity index (χ1v) is 11.2. The lowest BCUT2D eigenvalue weighted by molar-refractivity contribution is 0.144. The summed E-state index contributed by atoms with van der Waals surface area (Å²) < 4.78 is 4.72. The zero-order valence-corrected chi connectivity index (χ0v) is 17.2. The summed E-state index contributed by atoms with van der Waals surface area (Å²) in [6.45, 7) is 3.49. The Balaban J connectivity index is 1.21. The number of likely N-dealkylation sites (tertiary alicyclic amines) is 1. The van der Waals surface area contributed by atoms with E-state index in [2.05, 4.69) is 40.2 Å². The zero-order chi connectivity index (χ0) is 20.1. The van der Waals surface area contributed by atoms with Gasteiger partial charge in [0.05, 0.1) is 0 Å². The van der Waals surface area contributed by atoms with Crippen LogP contribution in [0.15, 0.2) is 54.7 Å². The van der Waals surface area contributed by atoms with Gasteiger partial charge in [0.25, 0.3) is 0 Å². The van der Waals surface area contributed by atoms with E-state index in [0.717, 1.165) is 29.0 Å². The van der Waals surface area contributed by atoms with Crippen LogP contribution in [-0.2, 0) is 5.75 Å². The number of carboxylic acid groups (broad SMARTS) is 1. The summed E-state index contributed by atoms with van der Waals surface area (Å²) in [5.41, 5.74) is 3.63. The van der Waals surface area contributed by atoms with Gasteiger partial charge in [0.1, 0.15) is 5.75 Å². The monoisotopic (exact) mass is 410 g/mol. The number of thioether (sulfide) groups is 1. The number of nitrogens with zero attached hydrogens (tertiary/aromatic N) is 1. The van der Waals surface area contributed by atoms with Crippen LogP contribution in [-0.4, -0.2) is 46.5 Å². The molecule has 29 heavy (non-hydrogen) atoms. The van der Waals surface area contributed by atoms with Crippen molar-refractivity contribution in [1.82, 2.24) is 9.88 Å². The van der Waals surface area contributed by atoms with Crippen molar-refractivity contribution in [3.8, 4) is 5.75 Å². The Morgan fingerprint density at radius 3 is 2.72 bits per heavy atom. The second-order valence-corrected chi connectivity index (χ2v) is 8.57. The highest BCUT2D eigenvalue weighted by atomic mass is 32.2. The number of hydrogen-bond acceptors (Lipinski definition) is 4. The predicted molar refractivity (Wildman–Crippen MR) is 118 cm³/mol. The van der Waals surface area contributed by atoms with Crippen molar-refractivity contribution in [3.05, 3.63) is 65.9 Å². The van der Waals surface area contributed by atoms with E-state index in [0.29, 0.717) is 11.7 Å². The van der Waals surface area contributed by atoms with Crippen LogP contribution in [0.5, 0.6) is 5.75 Å². The number of nitrogens with one attached hydrogen (secondary N) is 1. The Bertz CT molecular complexity index is 949. The van der Waals surface area contributed by atoms with Crippen LogP contribution in [0.4, 0.5) is 4.79 Å². The molecule has 0 saturated carbocycles. The molecule has 2 heterocycles. The largest absolute Gasteiger partial charge is 0.511 e. The molecule has 1 aliphatic heterocycles. The Morgan fingerprint density at radius 1 is 1.17 bits per heavy atom. The third-order valence-corrected chi connectivity index (χ3v) is 6.60. The maximum atomic E-state index is 10.7. The molecule has 3 aromatic rings. The highest BCUT2D eigenvalue weighted by Gasteiger charge is 2.20. The third-order valence-electron chi connectivity index (χ3n) is 5.61. The molecule has 2 aromatic carbocycles. The smallest absolute Gasteiger partial charge is 0.449 e. The fourth-order valence-corrected chi connectivity index (χ4v) is 5.03. The number of aromatic nitrogens is 1. The molecule has 1 aliphatic rings. The number of ether oxygens (including phenoxy) is 1. The topological polar surface area (TPSA) is 65.6 Å². The predicted octanol–water partition coefficient (Wildman–Crippen LogP) is 5.34. The molecule has 6 heteroatoms. The lowest BCUT2D eigenvalue weighted by Gasteiger charge is -2.32. The van der Waals surface area contributed by atoms with Gasteiger partial charge in [-0.25, -0.2) is 4.79 Å². The van der Waals surface area contributed by atoms with Crippen LogP contribution in [0.3, 0.4) is 0 Å². The van der Waals surface area contributed by atoms with Crippen molar-refractivity contribution in [3.63, 3.8) is 0 Å². The van der Waals surface area contributed by atoms with Gasteiger partial charge in [0.15, 0.2) is 0 Å². The van der Waals surface area contributed by atoms with E-state index in [4.69, 9.17) is 9.84 Å². The van der Waals surface area contributed by atoms with E-state index in [1.54, 1.807) is 12.1 Å². The van der Waals surface area contributed by atoms with Crippen LogP contribution in [0.1, 0.15) is 29.9 Å². The molecule has 152 valence electrons. The number of piperidine rings is 1. The SMILES string of the molecule is O=C(O)Oc1ccc2c(CSCCN3CCC(c4ccccc4)CC3)c[nH]c2c1. The Kier molecular flexibility index (Phi) is 6.42. The Hall–Kier alpha value is -2.44. The quantitative estimate of drug-likeness (QED) is 0.313. The minimum atomic E-state index is -1.29. The van der Waals surface area contributed by atoms with E-state index in [1.165, 1.54) is 37.1 Å². The minimum Gasteiger partial charge on any atom is -0.449 e. The number of fused-ring (bicyclic) bond motifs is 1. The lowest BCUT2D eigenvalue weighted by Crippen LogP contribution is -2.34. The van der Waals surface area contributed by atoms with Gasteiger partial charge < -0.3 is 19.7 Å². The van der Waals surface area contributed by atoms with Gasteiger partial charge in [-0.05, 0) is 55.1 Å². The van der Waals surface area contributed by atoms with Gasteiger partial charge in [-0.1, -0.05) is 30.3 Å². The molecule has 0 atom stereocenters. The molecule has 0 aliphatic carbocycles. The number of benzene rings is 2. The highest BCUT2D eigenvalue weighted by Crippen LogP contribution is 2.29. The summed E-state index contributed by atoms with van der Waals surface area (Å²) in [5.74, 6) is 3.11. The molecule has 0 spiro atoms. The van der Waals surface area contributed by atoms with Crippen LogP contribution < -0.4 is 4.74 Å². The summed E-state index contributed by atoms with van der Waals surface area (Å²) in [7, 11) is 0. The van der Waals surface area contributed by atoms with Crippen molar-refractivity contribution in [2.75, 3.05) is 25.4 Å². The van der Waals surface area contributed by atoms with Gasteiger partial charge >= 0.3 is 6.16 Å². The molecule has 0 amide bonds. The number of aromatic amines is 1. The third kappa shape index (κ3) is 5.14. The van der Waals surface area contributed by atoms with Crippen LogP contribution in [0.25, 0.3) is 10.9 Å². The molecular weight excluding hydrogens is 384 g/mol. The second kappa shape index (κ2) is 9.37. The molecule has 0 radical (unpaired) electrons. The summed E-state index contributed by atoms with van der Waals surface area (Å²) >= 11 is 1.94.